The molecule has 7 nitrogen and oxygen atoms in total. The van der Waals surface area contributed by atoms with Gasteiger partial charge < -0.3 is 16.2 Å². The van der Waals surface area contributed by atoms with Crippen LogP contribution >= 0.6 is 22.7 Å². The van der Waals surface area contributed by atoms with Gasteiger partial charge in [0, 0.05) is 27.6 Å². The summed E-state index contributed by atoms with van der Waals surface area (Å²) in [6, 6.07) is 8.36. The van der Waals surface area contributed by atoms with Crippen LogP contribution in [0.2, 0.25) is 0 Å². The van der Waals surface area contributed by atoms with Crippen molar-refractivity contribution in [2.75, 3.05) is 5.32 Å². The van der Waals surface area contributed by atoms with E-state index in [1.807, 2.05) is 23.6 Å². The normalized spacial score (nSPS) is 10.4. The van der Waals surface area contributed by atoms with Crippen LogP contribution in [0.5, 0.6) is 5.88 Å². The maximum absolute atomic E-state index is 11.5. The van der Waals surface area contributed by atoms with Crippen molar-refractivity contribution in [2.24, 2.45) is 11.5 Å². The Hall–Kier alpha value is -2.91. The van der Waals surface area contributed by atoms with Crippen LogP contribution in [-0.2, 0) is 6.61 Å². The van der Waals surface area contributed by atoms with Crippen molar-refractivity contribution >= 4 is 39.6 Å². The van der Waals surface area contributed by atoms with Crippen molar-refractivity contribution < 1.29 is 14.3 Å². The highest BCUT2D eigenvalue weighted by atomic mass is 32.1. The van der Waals surface area contributed by atoms with E-state index in [1.54, 1.807) is 29.7 Å². The number of rotatable bonds is 6. The molecule has 0 radical (unpaired) electrons. The van der Waals surface area contributed by atoms with Gasteiger partial charge in [-0.15, -0.1) is 22.7 Å². The Bertz CT molecular complexity index is 889. The third-order valence-corrected chi connectivity index (χ3v) is 5.15. The zero-order chi connectivity index (χ0) is 17.8. The predicted molar refractivity (Wildman–Crippen MR) is 97.9 cm³/mol. The average Bonchev–Trinajstić information content (AvgIpc) is 3.22. The second-order valence-electron chi connectivity index (χ2n) is 4.96. The molecule has 128 valence electrons. The van der Waals surface area contributed by atoms with Gasteiger partial charge in [0.2, 0.25) is 5.88 Å². The Kier molecular flexibility index (Phi) is 4.96. The summed E-state index contributed by atoms with van der Waals surface area (Å²) in [4.78, 5) is 28.6. The van der Waals surface area contributed by atoms with Gasteiger partial charge in [0.1, 0.15) is 11.6 Å². The molecule has 0 saturated carbocycles. The summed E-state index contributed by atoms with van der Waals surface area (Å²) in [6.07, 6.45) is 1.63. The number of hydrogen-bond donors (Lipinski definition) is 3. The zero-order valence-corrected chi connectivity index (χ0v) is 14.5. The highest BCUT2D eigenvalue weighted by Gasteiger charge is 2.16. The maximum atomic E-state index is 11.5. The topological polar surface area (TPSA) is 120 Å². The van der Waals surface area contributed by atoms with Crippen molar-refractivity contribution in [1.82, 2.24) is 4.98 Å². The third kappa shape index (κ3) is 4.14. The van der Waals surface area contributed by atoms with Gasteiger partial charge in [-0.2, -0.15) is 0 Å². The van der Waals surface area contributed by atoms with Crippen molar-refractivity contribution in [3.8, 4) is 16.3 Å². The Labute approximate surface area is 151 Å². The largest absolute Gasteiger partial charge is 0.472 e. The minimum Gasteiger partial charge on any atom is -0.472 e. The number of thiophene rings is 2. The summed E-state index contributed by atoms with van der Waals surface area (Å²) in [6.45, 7) is 0.460. The molecule has 9 heteroatoms. The molecule has 3 aromatic heterocycles. The maximum Gasteiger partial charge on any atom is 0.317 e. The lowest BCUT2D eigenvalue weighted by molar-refractivity contribution is 0.100. The van der Waals surface area contributed by atoms with Crippen LogP contribution in [-0.4, -0.2) is 16.9 Å². The Balaban J connectivity index is 1.77. The SMILES string of the molecule is NC(=O)Nc1sc(-c2ccc(OCc3cccs3)nc2)cc1C(N)=O. The highest BCUT2D eigenvalue weighted by molar-refractivity contribution is 7.20. The van der Waals surface area contributed by atoms with Gasteiger partial charge in [-0.25, -0.2) is 9.78 Å². The van der Waals surface area contributed by atoms with Crippen LogP contribution in [0, 0.1) is 0 Å². The molecular weight excluding hydrogens is 360 g/mol. The molecule has 0 saturated heterocycles. The van der Waals surface area contributed by atoms with Crippen molar-refractivity contribution in [2.45, 2.75) is 6.61 Å². The average molecular weight is 374 g/mol. The predicted octanol–water partition coefficient (Wildman–Crippen LogP) is 3.04. The lowest BCUT2D eigenvalue weighted by atomic mass is 10.2. The molecule has 3 amide bonds. The van der Waals surface area contributed by atoms with Gasteiger partial charge in [-0.3, -0.25) is 10.1 Å². The van der Waals surface area contributed by atoms with Crippen LogP contribution < -0.4 is 21.5 Å². The van der Waals surface area contributed by atoms with Crippen LogP contribution in [0.1, 0.15) is 15.2 Å². The van der Waals surface area contributed by atoms with Crippen LogP contribution in [0.15, 0.2) is 41.9 Å². The summed E-state index contributed by atoms with van der Waals surface area (Å²) in [5.41, 5.74) is 11.4. The summed E-state index contributed by atoms with van der Waals surface area (Å²) in [5, 5.41) is 4.70. The molecule has 0 aromatic carbocycles. The molecule has 0 spiro atoms. The number of hydrogen-bond acceptors (Lipinski definition) is 6. The van der Waals surface area contributed by atoms with Crippen molar-refractivity contribution in [3.63, 3.8) is 0 Å². The fraction of sp³-hybridized carbons (Fsp3) is 0.0625. The van der Waals surface area contributed by atoms with E-state index in [2.05, 4.69) is 10.3 Å². The lowest BCUT2D eigenvalue weighted by Crippen LogP contribution is -2.21. The Morgan fingerprint density at radius 1 is 1.24 bits per heavy atom. The standard InChI is InChI=1S/C16H14N4O3S2/c17-14(21)11-6-12(25-15(11)20-16(18)22)9-3-4-13(19-7-9)23-8-10-2-1-5-24-10/h1-7H,8H2,(H2,17,21)(H3,18,20,22). The number of nitrogens with two attached hydrogens (primary N) is 2. The summed E-state index contributed by atoms with van der Waals surface area (Å²) in [7, 11) is 0. The van der Waals surface area contributed by atoms with Gasteiger partial charge in [-0.1, -0.05) is 6.07 Å². The number of carbonyl (C=O) groups is 2. The lowest BCUT2D eigenvalue weighted by Gasteiger charge is -2.04. The molecular formula is C16H14N4O3S2. The highest BCUT2D eigenvalue weighted by Crippen LogP contribution is 2.35. The second kappa shape index (κ2) is 7.32. The smallest absolute Gasteiger partial charge is 0.317 e. The molecule has 0 atom stereocenters. The molecule has 0 fully saturated rings. The number of nitrogens with one attached hydrogen (secondary N) is 1. The van der Waals surface area contributed by atoms with Gasteiger partial charge in [0.05, 0.1) is 5.56 Å². The number of anilines is 1. The zero-order valence-electron chi connectivity index (χ0n) is 12.9. The minimum atomic E-state index is -0.758. The van der Waals surface area contributed by atoms with Gasteiger partial charge in [-0.05, 0) is 23.6 Å². The monoisotopic (exact) mass is 374 g/mol. The van der Waals surface area contributed by atoms with Crippen LogP contribution in [0.3, 0.4) is 0 Å². The summed E-state index contributed by atoms with van der Waals surface area (Å²) in [5.74, 6) is -0.144. The molecule has 3 aromatic rings. The van der Waals surface area contributed by atoms with Gasteiger partial charge in [0.25, 0.3) is 5.91 Å². The number of urea groups is 1. The molecule has 0 aliphatic rings. The first kappa shape index (κ1) is 16.9. The number of pyridine rings is 1. The molecule has 25 heavy (non-hydrogen) atoms. The van der Waals surface area contributed by atoms with E-state index in [1.165, 1.54) is 11.3 Å². The van der Waals surface area contributed by atoms with E-state index in [0.29, 0.717) is 17.5 Å². The number of carbonyl (C=O) groups excluding carboxylic acids is 2. The summed E-state index contributed by atoms with van der Waals surface area (Å²) >= 11 is 2.81. The van der Waals surface area contributed by atoms with Crippen LogP contribution in [0.25, 0.3) is 10.4 Å². The number of ether oxygens (including phenoxy) is 1. The molecule has 0 aliphatic carbocycles. The first-order valence-corrected chi connectivity index (χ1v) is 8.84. The number of nitrogens with zero attached hydrogens (tertiary/aromatic N) is 1. The molecule has 0 aliphatic heterocycles. The van der Waals surface area contributed by atoms with Crippen molar-refractivity contribution in [3.05, 3.63) is 52.3 Å². The molecule has 3 rings (SSSR count). The second-order valence-corrected chi connectivity index (χ2v) is 7.04. The summed E-state index contributed by atoms with van der Waals surface area (Å²) < 4.78 is 5.62. The first-order chi connectivity index (χ1) is 12.0. The van der Waals surface area contributed by atoms with E-state index in [-0.39, 0.29) is 5.56 Å². The molecule has 0 unspecified atom stereocenters. The van der Waals surface area contributed by atoms with E-state index in [9.17, 15) is 9.59 Å². The van der Waals surface area contributed by atoms with Crippen LogP contribution in [0.4, 0.5) is 9.80 Å². The van der Waals surface area contributed by atoms with E-state index in [4.69, 9.17) is 16.2 Å². The minimum absolute atomic E-state index is 0.205. The van der Waals surface area contributed by atoms with Gasteiger partial charge in [0.15, 0.2) is 0 Å². The Morgan fingerprint density at radius 3 is 2.68 bits per heavy atom. The quantitative estimate of drug-likeness (QED) is 0.614. The van der Waals surface area contributed by atoms with E-state index in [0.717, 1.165) is 15.3 Å². The fourth-order valence-electron chi connectivity index (χ4n) is 2.07. The molecule has 3 heterocycles. The first-order valence-electron chi connectivity index (χ1n) is 7.14. The number of amides is 3. The molecule has 0 bridgehead atoms. The number of aromatic nitrogens is 1. The van der Waals surface area contributed by atoms with Gasteiger partial charge >= 0.3 is 6.03 Å². The fourth-order valence-corrected chi connectivity index (χ4v) is 3.74. The van der Waals surface area contributed by atoms with E-state index < -0.39 is 11.9 Å². The Morgan fingerprint density at radius 2 is 2.08 bits per heavy atom. The third-order valence-electron chi connectivity index (χ3n) is 3.20. The van der Waals surface area contributed by atoms with E-state index >= 15 is 0 Å². The van der Waals surface area contributed by atoms with Crippen molar-refractivity contribution in [1.29, 1.82) is 0 Å². The molecule has 5 N–H and O–H groups in total. The number of primary amides is 2.